The number of aromatic nitrogens is 3. The van der Waals surface area contributed by atoms with E-state index in [1.807, 2.05) is 0 Å². The van der Waals surface area contributed by atoms with E-state index in [-0.39, 0.29) is 18.0 Å². The molecule has 1 saturated carbocycles. The molecule has 1 atom stereocenters. The number of carbonyl (C=O) groups excluding carboxylic acids is 1. The third-order valence-electron chi connectivity index (χ3n) is 6.90. The van der Waals surface area contributed by atoms with Crippen molar-refractivity contribution in [2.24, 2.45) is 5.92 Å². The second kappa shape index (κ2) is 11.5. The molecule has 1 unspecified atom stereocenters. The number of nitrogen functional groups attached to an aromatic ring is 1. The predicted octanol–water partition coefficient (Wildman–Crippen LogP) is 3.29. The number of anilines is 1. The second-order valence-electron chi connectivity index (χ2n) is 9.60. The van der Waals surface area contributed by atoms with Crippen LogP contribution in [0.25, 0.3) is 11.0 Å². The molecular formula is C25H37N7O2. The molecule has 2 fully saturated rings. The van der Waals surface area contributed by atoms with Crippen molar-refractivity contribution in [2.45, 2.75) is 77.2 Å². The van der Waals surface area contributed by atoms with Crippen molar-refractivity contribution in [3.05, 3.63) is 11.3 Å². The van der Waals surface area contributed by atoms with E-state index in [1.54, 1.807) is 0 Å². The van der Waals surface area contributed by atoms with E-state index in [2.05, 4.69) is 38.2 Å². The highest BCUT2D eigenvalue weighted by molar-refractivity contribution is 5.89. The Morgan fingerprint density at radius 1 is 1.26 bits per heavy atom. The van der Waals surface area contributed by atoms with E-state index in [4.69, 9.17) is 10.5 Å². The maximum Gasteiger partial charge on any atom is 0.319 e. The number of hydrogen-bond donors (Lipinski definition) is 3. The van der Waals surface area contributed by atoms with Gasteiger partial charge in [-0.15, -0.1) is 0 Å². The van der Waals surface area contributed by atoms with Gasteiger partial charge >= 0.3 is 6.01 Å². The normalized spacial score (nSPS) is 18.3. The summed E-state index contributed by atoms with van der Waals surface area (Å²) in [6.07, 6.45) is 10.2. The first-order valence-corrected chi connectivity index (χ1v) is 12.8. The molecule has 0 bridgehead atoms. The van der Waals surface area contributed by atoms with E-state index >= 15 is 0 Å². The summed E-state index contributed by atoms with van der Waals surface area (Å²) >= 11 is 0. The molecule has 9 nitrogen and oxygen atoms in total. The Labute approximate surface area is 201 Å². The van der Waals surface area contributed by atoms with Crippen LogP contribution < -0.4 is 15.8 Å². The Balaban J connectivity index is 1.29. The molecule has 1 amide bonds. The van der Waals surface area contributed by atoms with Gasteiger partial charge in [-0.1, -0.05) is 19.8 Å². The van der Waals surface area contributed by atoms with E-state index < -0.39 is 0 Å². The van der Waals surface area contributed by atoms with Crippen LogP contribution in [0.15, 0.2) is 0 Å². The zero-order chi connectivity index (χ0) is 23.9. The minimum absolute atomic E-state index is 0.0309. The number of nitrogens with two attached hydrogens (primary N) is 1. The first-order chi connectivity index (χ1) is 16.6. The number of rotatable bonds is 13. The summed E-state index contributed by atoms with van der Waals surface area (Å²) in [5.41, 5.74) is 8.77. The molecule has 3 heterocycles. The fraction of sp³-hybridized carbons (Fsp3) is 0.680. The van der Waals surface area contributed by atoms with Crippen molar-refractivity contribution in [1.29, 1.82) is 5.26 Å². The molecule has 2 aromatic heterocycles. The second-order valence-corrected chi connectivity index (χ2v) is 9.60. The van der Waals surface area contributed by atoms with Gasteiger partial charge in [-0.2, -0.15) is 15.2 Å². The molecule has 9 heteroatoms. The molecule has 0 radical (unpaired) electrons. The number of carbonyl (C=O) groups is 1. The number of ether oxygens (including phenoxy) is 1. The number of nitrogens with one attached hydrogen (secondary N) is 2. The van der Waals surface area contributed by atoms with Crippen molar-refractivity contribution < 1.29 is 9.53 Å². The summed E-state index contributed by atoms with van der Waals surface area (Å²) in [4.78, 5) is 26.7. The molecule has 34 heavy (non-hydrogen) atoms. The highest BCUT2D eigenvalue weighted by Crippen LogP contribution is 2.29. The first kappa shape index (κ1) is 24.3. The maximum atomic E-state index is 12.5. The number of aryl methyl sites for hydroxylation is 1. The van der Waals surface area contributed by atoms with Crippen LogP contribution in [0.2, 0.25) is 0 Å². The fourth-order valence-corrected chi connectivity index (χ4v) is 4.70. The van der Waals surface area contributed by atoms with Crippen LogP contribution in [0.4, 0.5) is 5.82 Å². The number of unbranched alkanes of at least 4 members (excludes halogenated alkanes) is 3. The lowest BCUT2D eigenvalue weighted by Crippen LogP contribution is -2.44. The lowest BCUT2D eigenvalue weighted by atomic mass is 10.1. The van der Waals surface area contributed by atoms with E-state index in [1.165, 1.54) is 12.8 Å². The summed E-state index contributed by atoms with van der Waals surface area (Å²) in [6, 6.07) is 2.54. The van der Waals surface area contributed by atoms with Gasteiger partial charge in [-0.25, -0.2) is 0 Å². The summed E-state index contributed by atoms with van der Waals surface area (Å²) in [6.45, 7) is 5.42. The van der Waals surface area contributed by atoms with Crippen LogP contribution in [0.3, 0.4) is 0 Å². The third kappa shape index (κ3) is 5.98. The maximum absolute atomic E-state index is 12.5. The van der Waals surface area contributed by atoms with Crippen molar-refractivity contribution in [2.75, 3.05) is 32.0 Å². The Morgan fingerprint density at radius 3 is 2.88 bits per heavy atom. The van der Waals surface area contributed by atoms with Crippen molar-refractivity contribution >= 4 is 22.8 Å². The topological polar surface area (TPSA) is 133 Å². The molecule has 184 valence electrons. The number of amides is 1. The smallest absolute Gasteiger partial charge is 0.319 e. The van der Waals surface area contributed by atoms with E-state index in [0.29, 0.717) is 35.1 Å². The Morgan fingerprint density at radius 2 is 2.12 bits per heavy atom. The number of likely N-dealkylation sites (tertiary alicyclic amines) is 1. The number of fused-ring (bicyclic) bond motifs is 1. The Hall–Kier alpha value is -2.86. The van der Waals surface area contributed by atoms with Crippen LogP contribution in [0.1, 0.15) is 76.0 Å². The number of aromatic amines is 1. The molecule has 2 aliphatic rings. The zero-order valence-corrected chi connectivity index (χ0v) is 20.2. The molecule has 1 aliphatic carbocycles. The molecule has 1 saturated heterocycles. The molecule has 4 N–H and O–H groups in total. The van der Waals surface area contributed by atoms with Crippen LogP contribution in [-0.2, 0) is 11.2 Å². The van der Waals surface area contributed by atoms with E-state index in [9.17, 15) is 10.1 Å². The largest absolute Gasteiger partial charge is 0.463 e. The molecule has 0 spiro atoms. The van der Waals surface area contributed by atoms with Gasteiger partial charge in [-0.05, 0) is 70.4 Å². The van der Waals surface area contributed by atoms with E-state index in [0.717, 1.165) is 76.6 Å². The van der Waals surface area contributed by atoms with Gasteiger partial charge in [0.1, 0.15) is 22.8 Å². The van der Waals surface area contributed by atoms with Gasteiger partial charge in [0.05, 0.1) is 12.6 Å². The van der Waals surface area contributed by atoms with Gasteiger partial charge in [0.25, 0.3) is 0 Å². The lowest BCUT2D eigenvalue weighted by molar-refractivity contribution is -0.125. The van der Waals surface area contributed by atoms with Crippen LogP contribution in [0, 0.1) is 17.2 Å². The highest BCUT2D eigenvalue weighted by atomic mass is 16.5. The quantitative estimate of drug-likeness (QED) is 0.385. The monoisotopic (exact) mass is 467 g/mol. The highest BCUT2D eigenvalue weighted by Gasteiger charge is 2.31. The number of nitriles is 1. The first-order valence-electron chi connectivity index (χ1n) is 12.8. The van der Waals surface area contributed by atoms with Crippen LogP contribution in [-0.4, -0.2) is 58.0 Å². The molecule has 1 aliphatic heterocycles. The molecule has 2 aromatic rings. The third-order valence-corrected chi connectivity index (χ3v) is 6.90. The molecule has 4 rings (SSSR count). The molecular weight excluding hydrogens is 430 g/mol. The fourth-order valence-electron chi connectivity index (χ4n) is 4.70. The summed E-state index contributed by atoms with van der Waals surface area (Å²) in [5, 5.41) is 12.8. The predicted molar refractivity (Wildman–Crippen MR) is 131 cm³/mol. The Kier molecular flexibility index (Phi) is 8.22. The number of H-pyrrole nitrogens is 1. The Bertz CT molecular complexity index is 1020. The van der Waals surface area contributed by atoms with Gasteiger partial charge in [-0.3, -0.25) is 9.69 Å². The SMILES string of the molecule is CCCCOc1nc(N)c2[nH]c(C#N)c(CCCCCN3CCCC3C(=O)NCC3CC3)c2n1. The summed E-state index contributed by atoms with van der Waals surface area (Å²) in [7, 11) is 0. The average molecular weight is 468 g/mol. The van der Waals surface area contributed by atoms with Gasteiger partial charge in [0.15, 0.2) is 5.82 Å². The molecule has 0 aromatic carbocycles. The lowest BCUT2D eigenvalue weighted by Gasteiger charge is -2.23. The summed E-state index contributed by atoms with van der Waals surface area (Å²) in [5.74, 6) is 1.22. The van der Waals surface area contributed by atoms with Crippen LogP contribution >= 0.6 is 0 Å². The van der Waals surface area contributed by atoms with Gasteiger partial charge in [0.2, 0.25) is 5.91 Å². The van der Waals surface area contributed by atoms with Gasteiger partial charge < -0.3 is 20.8 Å². The van der Waals surface area contributed by atoms with Crippen molar-refractivity contribution in [1.82, 2.24) is 25.2 Å². The van der Waals surface area contributed by atoms with Crippen molar-refractivity contribution in [3.63, 3.8) is 0 Å². The summed E-state index contributed by atoms with van der Waals surface area (Å²) < 4.78 is 5.66. The zero-order valence-electron chi connectivity index (χ0n) is 20.2. The van der Waals surface area contributed by atoms with Crippen LogP contribution in [0.5, 0.6) is 6.01 Å². The van der Waals surface area contributed by atoms with Gasteiger partial charge in [0, 0.05) is 12.1 Å². The van der Waals surface area contributed by atoms with Crippen molar-refractivity contribution in [3.8, 4) is 12.1 Å². The number of hydrogen-bond acceptors (Lipinski definition) is 7. The minimum atomic E-state index is 0.0309. The standard InChI is InChI=1S/C25H37N7O2/c1-2-3-14-34-25-30-21-18(19(15-26)29-22(21)23(27)31-25)8-5-4-6-12-32-13-7-9-20(32)24(33)28-16-17-10-11-17/h17,20,29H,2-14,16H2,1H3,(H,28,33)(H2,27,30,31). The number of nitrogens with zero attached hydrogens (tertiary/aromatic N) is 4. The average Bonchev–Trinajstić information content (AvgIpc) is 3.43. The minimum Gasteiger partial charge on any atom is -0.463 e.